The van der Waals surface area contributed by atoms with E-state index in [1.165, 1.54) is 0 Å². The molecular formula is C13H14O3. The molecule has 1 heterocycles. The molecule has 2 bridgehead atoms. The van der Waals surface area contributed by atoms with Gasteiger partial charge < -0.3 is 9.47 Å². The van der Waals surface area contributed by atoms with Gasteiger partial charge in [0.05, 0.1) is 13.2 Å². The van der Waals surface area contributed by atoms with Gasteiger partial charge in [-0.25, -0.2) is 0 Å². The standard InChI is InChI=1S/C13H14O3/c14-11-4-2-9-10-3-1-8(12(9)11)7-13(10)15-5-6-16-13/h1-4,8-10,12H,5-7H2/t8-,9-,10-,12+/m0/s1. The molecule has 84 valence electrons. The first-order valence-corrected chi connectivity index (χ1v) is 5.98. The number of hydrogen-bond acceptors (Lipinski definition) is 3. The average molecular weight is 218 g/mol. The first-order chi connectivity index (χ1) is 7.80. The van der Waals surface area contributed by atoms with E-state index in [1.54, 1.807) is 6.08 Å². The predicted octanol–water partition coefficient (Wildman–Crippen LogP) is 1.31. The van der Waals surface area contributed by atoms with E-state index in [2.05, 4.69) is 18.2 Å². The van der Waals surface area contributed by atoms with Gasteiger partial charge in [-0.15, -0.1) is 0 Å². The van der Waals surface area contributed by atoms with Gasteiger partial charge in [0.25, 0.3) is 0 Å². The lowest BCUT2D eigenvalue weighted by Gasteiger charge is -2.50. The Hall–Kier alpha value is -0.930. The molecule has 3 nitrogen and oxygen atoms in total. The summed E-state index contributed by atoms with van der Waals surface area (Å²) in [5.74, 6) is 0.860. The van der Waals surface area contributed by atoms with E-state index < -0.39 is 5.79 Å². The van der Waals surface area contributed by atoms with Crippen LogP contribution in [0.1, 0.15) is 6.42 Å². The van der Waals surface area contributed by atoms with Gasteiger partial charge in [-0.05, 0) is 17.9 Å². The summed E-state index contributed by atoms with van der Waals surface area (Å²) in [6, 6.07) is 0. The SMILES string of the molecule is O=C1C=C[C@@H]2[C@H]1[C@H]1C=C[C@@H]2C2(C1)OCCO2. The maximum atomic E-state index is 11.8. The summed E-state index contributed by atoms with van der Waals surface area (Å²) in [4.78, 5) is 11.8. The van der Waals surface area contributed by atoms with Gasteiger partial charge in [-0.3, -0.25) is 4.79 Å². The fraction of sp³-hybridized carbons (Fsp3) is 0.615. The number of hydrogen-bond donors (Lipinski definition) is 0. The monoisotopic (exact) mass is 218 g/mol. The molecule has 1 saturated carbocycles. The van der Waals surface area contributed by atoms with E-state index in [0.29, 0.717) is 25.0 Å². The number of ether oxygens (including phenoxy) is 2. The molecule has 1 saturated heterocycles. The molecule has 5 aliphatic rings. The van der Waals surface area contributed by atoms with Crippen molar-refractivity contribution in [1.82, 2.24) is 0 Å². The summed E-state index contributed by atoms with van der Waals surface area (Å²) in [5, 5.41) is 0. The van der Waals surface area contributed by atoms with Crippen molar-refractivity contribution in [2.24, 2.45) is 23.7 Å². The van der Waals surface area contributed by atoms with Crippen LogP contribution in [-0.4, -0.2) is 24.8 Å². The van der Waals surface area contributed by atoms with Gasteiger partial charge in [0.1, 0.15) is 0 Å². The Kier molecular flexibility index (Phi) is 1.62. The molecule has 1 spiro atoms. The van der Waals surface area contributed by atoms with Gasteiger partial charge >= 0.3 is 0 Å². The average Bonchev–Trinajstić information content (AvgIpc) is 2.89. The highest BCUT2D eigenvalue weighted by molar-refractivity contribution is 5.95. The molecule has 4 atom stereocenters. The first-order valence-electron chi connectivity index (χ1n) is 5.98. The summed E-state index contributed by atoms with van der Waals surface area (Å²) < 4.78 is 11.7. The molecule has 4 aliphatic carbocycles. The minimum absolute atomic E-state index is 0.161. The normalized spacial score (nSPS) is 46.9. The lowest BCUT2D eigenvalue weighted by Crippen LogP contribution is -2.54. The van der Waals surface area contributed by atoms with Crippen LogP contribution < -0.4 is 0 Å². The summed E-state index contributed by atoms with van der Waals surface area (Å²) in [7, 11) is 0. The van der Waals surface area contributed by atoms with Gasteiger partial charge in [0, 0.05) is 18.3 Å². The summed E-state index contributed by atoms with van der Waals surface area (Å²) in [6.07, 6.45) is 9.04. The second-order valence-electron chi connectivity index (χ2n) is 5.15. The number of rotatable bonds is 0. The Labute approximate surface area is 94.1 Å². The fourth-order valence-corrected chi connectivity index (χ4v) is 3.86. The zero-order valence-electron chi connectivity index (χ0n) is 8.96. The Morgan fingerprint density at radius 1 is 1.19 bits per heavy atom. The summed E-state index contributed by atoms with van der Waals surface area (Å²) in [5.41, 5.74) is 0. The van der Waals surface area contributed by atoms with Gasteiger partial charge in [-0.2, -0.15) is 0 Å². The molecule has 3 heteroatoms. The van der Waals surface area contributed by atoms with Crippen LogP contribution in [0.5, 0.6) is 0 Å². The van der Waals surface area contributed by atoms with E-state index in [4.69, 9.17) is 9.47 Å². The Balaban J connectivity index is 1.78. The fourth-order valence-electron chi connectivity index (χ4n) is 3.86. The van der Waals surface area contributed by atoms with Crippen LogP contribution in [0.15, 0.2) is 24.3 Å². The topological polar surface area (TPSA) is 35.5 Å². The highest BCUT2D eigenvalue weighted by atomic mass is 16.7. The van der Waals surface area contributed by atoms with Gasteiger partial charge in [0.15, 0.2) is 11.6 Å². The molecule has 5 rings (SSSR count). The van der Waals surface area contributed by atoms with Crippen molar-refractivity contribution < 1.29 is 14.3 Å². The van der Waals surface area contributed by atoms with Crippen LogP contribution in [-0.2, 0) is 14.3 Å². The quantitative estimate of drug-likeness (QED) is 0.575. The maximum Gasteiger partial charge on any atom is 0.175 e. The number of carbonyl (C=O) groups excluding carboxylic acids is 1. The van der Waals surface area contributed by atoms with Crippen LogP contribution in [0.4, 0.5) is 0 Å². The lowest BCUT2D eigenvalue weighted by molar-refractivity contribution is -0.227. The summed E-state index contributed by atoms with van der Waals surface area (Å²) in [6.45, 7) is 1.37. The maximum absolute atomic E-state index is 11.8. The zero-order chi connectivity index (χ0) is 10.8. The number of allylic oxidation sites excluding steroid dienone is 3. The third-order valence-electron chi connectivity index (χ3n) is 4.47. The molecular weight excluding hydrogens is 204 g/mol. The largest absolute Gasteiger partial charge is 0.347 e. The van der Waals surface area contributed by atoms with Crippen molar-refractivity contribution >= 4 is 5.78 Å². The van der Waals surface area contributed by atoms with Gasteiger partial charge in [-0.1, -0.05) is 18.2 Å². The third-order valence-corrected chi connectivity index (χ3v) is 4.47. The van der Waals surface area contributed by atoms with Crippen LogP contribution in [0.3, 0.4) is 0 Å². The molecule has 1 aliphatic heterocycles. The predicted molar refractivity (Wildman–Crippen MR) is 56.5 cm³/mol. The second-order valence-corrected chi connectivity index (χ2v) is 5.15. The van der Waals surface area contributed by atoms with E-state index in [9.17, 15) is 4.79 Å². The smallest absolute Gasteiger partial charge is 0.175 e. The van der Waals surface area contributed by atoms with Crippen LogP contribution in [0.2, 0.25) is 0 Å². The molecule has 0 amide bonds. The first kappa shape index (κ1) is 9.14. The third kappa shape index (κ3) is 0.937. The van der Waals surface area contributed by atoms with E-state index >= 15 is 0 Å². The Morgan fingerprint density at radius 3 is 2.81 bits per heavy atom. The van der Waals surface area contributed by atoms with Crippen molar-refractivity contribution in [3.05, 3.63) is 24.3 Å². The van der Waals surface area contributed by atoms with Crippen molar-refractivity contribution in [2.75, 3.05) is 13.2 Å². The van der Waals surface area contributed by atoms with E-state index in [-0.39, 0.29) is 17.6 Å². The Morgan fingerprint density at radius 2 is 2.00 bits per heavy atom. The van der Waals surface area contributed by atoms with E-state index in [1.807, 2.05) is 0 Å². The molecule has 0 radical (unpaired) electrons. The van der Waals surface area contributed by atoms with Crippen LogP contribution in [0, 0.1) is 23.7 Å². The Bertz CT molecular complexity index is 403. The molecule has 0 N–H and O–H groups in total. The molecule has 0 unspecified atom stereocenters. The molecule has 0 aromatic heterocycles. The minimum Gasteiger partial charge on any atom is -0.347 e. The van der Waals surface area contributed by atoms with E-state index in [0.717, 1.165) is 6.42 Å². The van der Waals surface area contributed by atoms with Crippen molar-refractivity contribution in [2.45, 2.75) is 12.2 Å². The zero-order valence-corrected chi connectivity index (χ0v) is 8.96. The highest BCUT2D eigenvalue weighted by Crippen LogP contribution is 2.55. The van der Waals surface area contributed by atoms with Crippen LogP contribution >= 0.6 is 0 Å². The minimum atomic E-state index is -0.421. The number of ketones is 1. The molecule has 16 heavy (non-hydrogen) atoms. The van der Waals surface area contributed by atoms with Crippen molar-refractivity contribution in [3.8, 4) is 0 Å². The van der Waals surface area contributed by atoms with Crippen molar-refractivity contribution in [1.29, 1.82) is 0 Å². The molecule has 0 aromatic carbocycles. The number of carbonyl (C=O) groups is 1. The van der Waals surface area contributed by atoms with Crippen LogP contribution in [0.25, 0.3) is 0 Å². The molecule has 2 fully saturated rings. The summed E-state index contributed by atoms with van der Waals surface area (Å²) >= 11 is 0. The van der Waals surface area contributed by atoms with Crippen molar-refractivity contribution in [3.63, 3.8) is 0 Å². The molecule has 0 aromatic rings. The highest BCUT2D eigenvalue weighted by Gasteiger charge is 2.59. The second kappa shape index (κ2) is 2.84. The van der Waals surface area contributed by atoms with Gasteiger partial charge in [0.2, 0.25) is 0 Å². The lowest BCUT2D eigenvalue weighted by atomic mass is 9.60.